The summed E-state index contributed by atoms with van der Waals surface area (Å²) in [5, 5.41) is 0. The molecule has 1 amide bonds. The quantitative estimate of drug-likeness (QED) is 0.844. The highest BCUT2D eigenvalue weighted by molar-refractivity contribution is 5.84. The highest BCUT2D eigenvalue weighted by Gasteiger charge is 2.49. The summed E-state index contributed by atoms with van der Waals surface area (Å²) < 4.78 is 0. The molecule has 3 nitrogen and oxygen atoms in total. The zero-order valence-electron chi connectivity index (χ0n) is 15.0. The predicted molar refractivity (Wildman–Crippen MR) is 96.7 cm³/mol. The molecule has 4 rings (SSSR count). The van der Waals surface area contributed by atoms with Crippen LogP contribution in [-0.4, -0.2) is 41.4 Å². The average Bonchev–Trinajstić information content (AvgIpc) is 3.22. The number of aryl methyl sites for hydroxylation is 1. The number of benzene rings is 1. The van der Waals surface area contributed by atoms with Crippen LogP contribution in [0.15, 0.2) is 24.3 Å². The summed E-state index contributed by atoms with van der Waals surface area (Å²) in [7, 11) is 0. The van der Waals surface area contributed by atoms with E-state index in [9.17, 15) is 4.79 Å². The largest absolute Gasteiger partial charge is 0.338 e. The Morgan fingerprint density at radius 3 is 2.75 bits per heavy atom. The number of hydrogen-bond donors (Lipinski definition) is 0. The second-order valence-electron chi connectivity index (χ2n) is 8.26. The van der Waals surface area contributed by atoms with Gasteiger partial charge in [0.05, 0.1) is 5.41 Å². The first-order chi connectivity index (χ1) is 11.7. The van der Waals surface area contributed by atoms with Gasteiger partial charge >= 0.3 is 0 Å². The number of rotatable bonds is 3. The lowest BCUT2D eigenvalue weighted by atomic mass is 9.78. The minimum Gasteiger partial charge on any atom is -0.338 e. The van der Waals surface area contributed by atoms with Gasteiger partial charge < -0.3 is 4.90 Å². The minimum atomic E-state index is -0.0787. The van der Waals surface area contributed by atoms with Gasteiger partial charge in [0, 0.05) is 25.7 Å². The van der Waals surface area contributed by atoms with Gasteiger partial charge in [-0.25, -0.2) is 0 Å². The molecule has 130 valence electrons. The number of carbonyl (C=O) groups excluding carboxylic acids is 1. The van der Waals surface area contributed by atoms with Gasteiger partial charge in [0.1, 0.15) is 0 Å². The third kappa shape index (κ3) is 2.99. The van der Waals surface area contributed by atoms with Crippen LogP contribution in [0.5, 0.6) is 0 Å². The van der Waals surface area contributed by atoms with Crippen molar-refractivity contribution in [2.24, 2.45) is 5.41 Å². The zero-order valence-corrected chi connectivity index (χ0v) is 15.0. The molecule has 0 unspecified atom stereocenters. The third-order valence-corrected chi connectivity index (χ3v) is 6.50. The molecule has 3 heteroatoms. The van der Waals surface area contributed by atoms with Crippen molar-refractivity contribution in [1.82, 2.24) is 9.80 Å². The molecule has 0 bridgehead atoms. The van der Waals surface area contributed by atoms with Crippen LogP contribution < -0.4 is 0 Å². The van der Waals surface area contributed by atoms with Gasteiger partial charge in [0.2, 0.25) is 5.91 Å². The number of hydrogen-bond acceptors (Lipinski definition) is 2. The smallest absolute Gasteiger partial charge is 0.230 e. The van der Waals surface area contributed by atoms with Gasteiger partial charge in [-0.1, -0.05) is 42.7 Å². The van der Waals surface area contributed by atoms with E-state index in [2.05, 4.69) is 41.0 Å². The third-order valence-electron chi connectivity index (χ3n) is 6.50. The molecule has 24 heavy (non-hydrogen) atoms. The van der Waals surface area contributed by atoms with Gasteiger partial charge in [-0.3, -0.25) is 9.69 Å². The number of likely N-dealkylation sites (tertiary alicyclic amines) is 2. The minimum absolute atomic E-state index is 0.0787. The Morgan fingerprint density at radius 1 is 1.12 bits per heavy atom. The number of nitrogens with zero attached hydrogens (tertiary/aromatic N) is 2. The van der Waals surface area contributed by atoms with Crippen LogP contribution in [0.3, 0.4) is 0 Å². The summed E-state index contributed by atoms with van der Waals surface area (Å²) in [4.78, 5) is 18.1. The molecule has 0 radical (unpaired) electrons. The van der Waals surface area contributed by atoms with Crippen molar-refractivity contribution in [3.63, 3.8) is 0 Å². The summed E-state index contributed by atoms with van der Waals surface area (Å²) in [6.07, 6.45) is 8.78. The highest BCUT2D eigenvalue weighted by atomic mass is 16.2. The summed E-state index contributed by atoms with van der Waals surface area (Å²) in [5.41, 5.74) is 2.47. The van der Waals surface area contributed by atoms with Crippen LogP contribution in [0, 0.1) is 12.3 Å². The van der Waals surface area contributed by atoms with E-state index in [0.29, 0.717) is 5.91 Å². The summed E-state index contributed by atoms with van der Waals surface area (Å²) >= 11 is 0. The Morgan fingerprint density at radius 2 is 1.96 bits per heavy atom. The fourth-order valence-electron chi connectivity index (χ4n) is 5.20. The maximum Gasteiger partial charge on any atom is 0.230 e. The van der Waals surface area contributed by atoms with Crippen LogP contribution in [0.1, 0.15) is 56.1 Å². The van der Waals surface area contributed by atoms with E-state index in [1.165, 1.54) is 36.8 Å². The Labute approximate surface area is 146 Å². The Balaban J connectivity index is 1.46. The lowest BCUT2D eigenvalue weighted by molar-refractivity contribution is -0.146. The molecule has 2 saturated heterocycles. The fourth-order valence-corrected chi connectivity index (χ4v) is 5.20. The molecular formula is C21H30N2O. The van der Waals surface area contributed by atoms with Crippen molar-refractivity contribution in [1.29, 1.82) is 0 Å². The molecule has 1 atom stereocenters. The van der Waals surface area contributed by atoms with Crippen LogP contribution in [0.2, 0.25) is 0 Å². The molecule has 2 aliphatic heterocycles. The molecule has 1 saturated carbocycles. The van der Waals surface area contributed by atoms with Crippen molar-refractivity contribution in [2.75, 3.05) is 19.6 Å². The highest BCUT2D eigenvalue weighted by Crippen LogP contribution is 2.42. The molecule has 1 aromatic carbocycles. The van der Waals surface area contributed by atoms with Gasteiger partial charge in [-0.2, -0.15) is 0 Å². The SMILES string of the molecule is Cc1cccc(CN2CCC[C@@]3(CCN(C4CCCC4)C3)C2=O)c1. The monoisotopic (exact) mass is 326 g/mol. The van der Waals surface area contributed by atoms with Crippen molar-refractivity contribution >= 4 is 5.91 Å². The molecule has 3 aliphatic rings. The van der Waals surface area contributed by atoms with E-state index in [1.807, 2.05) is 0 Å². The molecule has 1 aromatic rings. The van der Waals surface area contributed by atoms with Gasteiger partial charge in [0.15, 0.2) is 0 Å². The van der Waals surface area contributed by atoms with Gasteiger partial charge in [-0.05, 0) is 51.1 Å². The number of carbonyl (C=O) groups is 1. The lowest BCUT2D eigenvalue weighted by Crippen LogP contribution is -2.50. The van der Waals surface area contributed by atoms with E-state index >= 15 is 0 Å². The first-order valence-electron chi connectivity index (χ1n) is 9.75. The molecule has 1 spiro atoms. The number of amides is 1. The molecule has 0 N–H and O–H groups in total. The van der Waals surface area contributed by atoms with Crippen molar-refractivity contribution in [3.8, 4) is 0 Å². The summed E-state index contributed by atoms with van der Waals surface area (Å²) in [5.74, 6) is 0.427. The molecule has 0 aromatic heterocycles. The van der Waals surface area contributed by atoms with Crippen LogP contribution in [0.4, 0.5) is 0 Å². The summed E-state index contributed by atoms with van der Waals surface area (Å²) in [6.45, 7) is 5.98. The Hall–Kier alpha value is -1.35. The molecule has 1 aliphatic carbocycles. The Kier molecular flexibility index (Phi) is 4.38. The van der Waals surface area contributed by atoms with Crippen molar-refractivity contribution in [2.45, 2.75) is 64.5 Å². The Bertz CT molecular complexity index is 608. The molecular weight excluding hydrogens is 296 g/mol. The fraction of sp³-hybridized carbons (Fsp3) is 0.667. The zero-order chi connectivity index (χ0) is 16.6. The van der Waals surface area contributed by atoms with Gasteiger partial charge in [0.25, 0.3) is 0 Å². The van der Waals surface area contributed by atoms with Crippen molar-refractivity contribution < 1.29 is 4.79 Å². The standard InChI is InChI=1S/C21H30N2O/c1-17-6-4-7-18(14-17)15-22-12-5-10-21(20(22)24)11-13-23(16-21)19-8-2-3-9-19/h4,6-7,14,19H,2-3,5,8-13,15-16H2,1H3/t21-/m0/s1. The number of piperidine rings is 1. The van der Waals surface area contributed by atoms with E-state index in [1.54, 1.807) is 0 Å². The second-order valence-corrected chi connectivity index (χ2v) is 8.26. The van der Waals surface area contributed by atoms with Crippen LogP contribution in [-0.2, 0) is 11.3 Å². The first kappa shape index (κ1) is 16.1. The van der Waals surface area contributed by atoms with E-state index in [4.69, 9.17) is 0 Å². The average molecular weight is 326 g/mol. The van der Waals surface area contributed by atoms with E-state index < -0.39 is 0 Å². The van der Waals surface area contributed by atoms with E-state index in [-0.39, 0.29) is 5.41 Å². The topological polar surface area (TPSA) is 23.6 Å². The van der Waals surface area contributed by atoms with Gasteiger partial charge in [-0.15, -0.1) is 0 Å². The molecule has 3 fully saturated rings. The van der Waals surface area contributed by atoms with E-state index in [0.717, 1.165) is 51.5 Å². The first-order valence-corrected chi connectivity index (χ1v) is 9.75. The molecule has 2 heterocycles. The van der Waals surface area contributed by atoms with Crippen LogP contribution >= 0.6 is 0 Å². The maximum atomic E-state index is 13.3. The second kappa shape index (κ2) is 6.51. The summed E-state index contributed by atoms with van der Waals surface area (Å²) in [6, 6.07) is 9.35. The van der Waals surface area contributed by atoms with Crippen LogP contribution in [0.25, 0.3) is 0 Å². The van der Waals surface area contributed by atoms with Crippen molar-refractivity contribution in [3.05, 3.63) is 35.4 Å². The normalized spacial score (nSPS) is 29.0. The maximum absolute atomic E-state index is 13.3. The lowest BCUT2D eigenvalue weighted by Gasteiger charge is -2.40. The predicted octanol–water partition coefficient (Wildman–Crippen LogP) is 3.75.